The SMILES string of the molecule is CC1(C)CCOc2c(C(=O)NC3CN4C(N)=N[C@@H](CN5C(=O)CN(c6ccccc6)C5=O)[C@@H]5N=C(N)N[C@@]54C3(O)O)cccc21. The van der Waals surface area contributed by atoms with Gasteiger partial charge in [0.2, 0.25) is 5.79 Å². The van der Waals surface area contributed by atoms with E-state index in [-0.39, 0.29) is 42.5 Å². The number of ether oxygens (including phenoxy) is 1. The van der Waals surface area contributed by atoms with E-state index in [0.717, 1.165) is 16.9 Å². The Kier molecular flexibility index (Phi) is 6.29. The number of carbonyl (C=O) groups excluding carboxylic acids is 3. The third kappa shape index (κ3) is 4.14. The Morgan fingerprint density at radius 1 is 1.11 bits per heavy atom. The van der Waals surface area contributed by atoms with Gasteiger partial charge in [-0.05, 0) is 30.0 Å². The number of aliphatic imine (C=N–C) groups is 2. The summed E-state index contributed by atoms with van der Waals surface area (Å²) in [6, 6.07) is 10.2. The lowest BCUT2D eigenvalue weighted by atomic mass is 9.79. The average molecular weight is 618 g/mol. The molecule has 8 N–H and O–H groups in total. The molecule has 0 bridgehead atoms. The standard InChI is InChI=1S/C30H35N9O6/c1-28(2)11-12-45-22-17(9-6-10-18(22)28)24(41)34-20-14-39-26(32)33-19(23-29(39,30(20,43)44)36-25(31)35-23)13-38-21(40)15-37(27(38)42)16-7-4-3-5-8-16/h3-10,19-20,23,43-44H,11-15H2,1-2H3,(H2,32,33)(H,34,41)(H3,31,35,36)/t19-,20?,23-,29-/m0/s1. The molecular weight excluding hydrogens is 582 g/mol. The molecule has 5 heterocycles. The maximum absolute atomic E-state index is 13.7. The van der Waals surface area contributed by atoms with Crippen LogP contribution in [-0.2, 0) is 10.2 Å². The van der Waals surface area contributed by atoms with Crippen molar-refractivity contribution < 1.29 is 29.3 Å². The molecule has 1 spiro atoms. The zero-order valence-electron chi connectivity index (χ0n) is 24.8. The van der Waals surface area contributed by atoms with Gasteiger partial charge in [0.1, 0.15) is 24.4 Å². The van der Waals surface area contributed by atoms with Crippen LogP contribution in [0.15, 0.2) is 58.5 Å². The van der Waals surface area contributed by atoms with E-state index >= 15 is 0 Å². The Balaban J connectivity index is 1.17. The zero-order chi connectivity index (χ0) is 31.9. The summed E-state index contributed by atoms with van der Waals surface area (Å²) in [6.45, 7) is 4.04. The monoisotopic (exact) mass is 617 g/mol. The van der Waals surface area contributed by atoms with Crippen LogP contribution in [0.4, 0.5) is 10.5 Å². The summed E-state index contributed by atoms with van der Waals surface area (Å²) in [4.78, 5) is 52.8. The second-order valence-electron chi connectivity index (χ2n) is 12.6. The van der Waals surface area contributed by atoms with E-state index in [2.05, 4.69) is 34.5 Å². The van der Waals surface area contributed by atoms with Crippen LogP contribution in [-0.4, -0.2) is 106 Å². The van der Waals surface area contributed by atoms with Crippen LogP contribution in [0.1, 0.15) is 36.2 Å². The van der Waals surface area contributed by atoms with E-state index in [9.17, 15) is 24.6 Å². The van der Waals surface area contributed by atoms with E-state index in [1.165, 1.54) is 9.80 Å². The third-order valence-corrected chi connectivity index (χ3v) is 9.56. The van der Waals surface area contributed by atoms with Crippen LogP contribution in [0.25, 0.3) is 0 Å². The number of rotatable bonds is 5. The molecule has 2 aromatic carbocycles. The van der Waals surface area contributed by atoms with Crippen LogP contribution >= 0.6 is 0 Å². The Morgan fingerprint density at radius 3 is 2.62 bits per heavy atom. The minimum absolute atomic E-state index is 0.0981. The Labute approximate surface area is 258 Å². The molecule has 0 radical (unpaired) electrons. The molecule has 236 valence electrons. The van der Waals surface area contributed by atoms with E-state index < -0.39 is 47.4 Å². The van der Waals surface area contributed by atoms with E-state index in [0.29, 0.717) is 18.0 Å². The van der Waals surface area contributed by atoms with Gasteiger partial charge in [0.25, 0.3) is 11.8 Å². The van der Waals surface area contributed by atoms with Crippen LogP contribution in [0, 0.1) is 0 Å². The summed E-state index contributed by atoms with van der Waals surface area (Å²) in [6.07, 6.45) is 0.786. The summed E-state index contributed by atoms with van der Waals surface area (Å²) in [5, 5.41) is 29.3. The van der Waals surface area contributed by atoms with Crippen molar-refractivity contribution >= 4 is 35.5 Å². The van der Waals surface area contributed by atoms with Crippen LogP contribution < -0.4 is 31.7 Å². The molecule has 45 heavy (non-hydrogen) atoms. The average Bonchev–Trinajstić information content (AvgIpc) is 3.58. The number of imide groups is 1. The predicted octanol–water partition coefficient (Wildman–Crippen LogP) is -1.01. The highest BCUT2D eigenvalue weighted by molar-refractivity contribution is 6.12. The molecule has 2 fully saturated rings. The number of guanidine groups is 2. The Hall–Kier alpha value is -4.89. The summed E-state index contributed by atoms with van der Waals surface area (Å²) in [7, 11) is 0. The van der Waals surface area contributed by atoms with Crippen molar-refractivity contribution in [3.63, 3.8) is 0 Å². The first-order valence-electron chi connectivity index (χ1n) is 14.8. The van der Waals surface area contributed by atoms with Crippen molar-refractivity contribution in [1.82, 2.24) is 20.4 Å². The van der Waals surface area contributed by atoms with Crippen molar-refractivity contribution in [2.24, 2.45) is 21.5 Å². The van der Waals surface area contributed by atoms with Crippen molar-refractivity contribution in [3.8, 4) is 5.75 Å². The number of benzene rings is 2. The van der Waals surface area contributed by atoms with Gasteiger partial charge >= 0.3 is 6.03 Å². The molecule has 4 atom stereocenters. The van der Waals surface area contributed by atoms with E-state index in [4.69, 9.17) is 16.2 Å². The van der Waals surface area contributed by atoms with Gasteiger partial charge in [-0.15, -0.1) is 0 Å². The van der Waals surface area contributed by atoms with E-state index in [1.54, 1.807) is 42.5 Å². The quantitative estimate of drug-likeness (QED) is 0.178. The molecule has 0 saturated carbocycles. The smallest absolute Gasteiger partial charge is 0.331 e. The van der Waals surface area contributed by atoms with Crippen LogP contribution in [0.3, 0.4) is 0 Å². The summed E-state index contributed by atoms with van der Waals surface area (Å²) in [5.41, 5.74) is 12.2. The van der Waals surface area contributed by atoms with Gasteiger partial charge in [-0.3, -0.25) is 19.4 Å². The molecule has 5 aliphatic heterocycles. The second kappa shape index (κ2) is 9.81. The molecular formula is C30H35N9O6. The van der Waals surface area contributed by atoms with Crippen molar-refractivity contribution in [3.05, 3.63) is 59.7 Å². The molecule has 2 saturated heterocycles. The minimum Gasteiger partial charge on any atom is -0.492 e. The largest absolute Gasteiger partial charge is 0.492 e. The highest BCUT2D eigenvalue weighted by atomic mass is 16.5. The summed E-state index contributed by atoms with van der Waals surface area (Å²) in [5.74, 6) is -3.47. The van der Waals surface area contributed by atoms with Crippen molar-refractivity contribution in [2.45, 2.75) is 55.3 Å². The number of amides is 4. The molecule has 15 nitrogen and oxygen atoms in total. The molecule has 0 aromatic heterocycles. The molecule has 4 amide bonds. The lowest BCUT2D eigenvalue weighted by molar-refractivity contribution is -0.230. The number of aliphatic hydroxyl groups is 2. The number of nitrogens with one attached hydrogen (secondary N) is 2. The highest BCUT2D eigenvalue weighted by Gasteiger charge is 2.73. The number of para-hydroxylation sites is 2. The Bertz CT molecular complexity index is 1660. The Morgan fingerprint density at radius 2 is 1.87 bits per heavy atom. The fourth-order valence-corrected chi connectivity index (χ4v) is 7.14. The van der Waals surface area contributed by atoms with Crippen LogP contribution in [0.5, 0.6) is 5.75 Å². The van der Waals surface area contributed by atoms with Gasteiger partial charge in [0, 0.05) is 17.8 Å². The third-order valence-electron chi connectivity index (χ3n) is 9.56. The highest BCUT2D eigenvalue weighted by Crippen LogP contribution is 2.46. The van der Waals surface area contributed by atoms with Crippen LogP contribution in [0.2, 0.25) is 0 Å². The van der Waals surface area contributed by atoms with Gasteiger partial charge in [0.15, 0.2) is 17.6 Å². The summed E-state index contributed by atoms with van der Waals surface area (Å²) >= 11 is 0. The maximum atomic E-state index is 13.7. The maximum Gasteiger partial charge on any atom is 0.331 e. The van der Waals surface area contributed by atoms with Gasteiger partial charge in [0.05, 0.1) is 24.8 Å². The molecule has 5 aliphatic rings. The molecule has 0 aliphatic carbocycles. The molecule has 15 heteroatoms. The molecule has 7 rings (SSSR count). The second-order valence-corrected chi connectivity index (χ2v) is 12.6. The molecule has 2 aromatic rings. The summed E-state index contributed by atoms with van der Waals surface area (Å²) < 4.78 is 5.91. The number of hydrogen-bond acceptors (Lipinski definition) is 12. The van der Waals surface area contributed by atoms with Gasteiger partial charge in [-0.1, -0.05) is 44.2 Å². The van der Waals surface area contributed by atoms with Gasteiger partial charge in [-0.2, -0.15) is 0 Å². The van der Waals surface area contributed by atoms with Gasteiger partial charge < -0.3 is 42.0 Å². The minimum atomic E-state index is -2.69. The number of fused-ring (bicyclic) bond motifs is 1. The number of nitrogens with zero attached hydrogens (tertiary/aromatic N) is 5. The number of nitrogens with two attached hydrogens (primary N) is 2. The zero-order valence-corrected chi connectivity index (χ0v) is 24.8. The molecule has 1 unspecified atom stereocenters. The number of hydrogen-bond donors (Lipinski definition) is 6. The number of urea groups is 1. The normalized spacial score (nSPS) is 29.2. The van der Waals surface area contributed by atoms with Gasteiger partial charge in [-0.25, -0.2) is 14.8 Å². The topological polar surface area (TPSA) is 211 Å². The lowest BCUT2D eigenvalue weighted by Gasteiger charge is -2.49. The van der Waals surface area contributed by atoms with E-state index in [1.807, 2.05) is 6.07 Å². The van der Waals surface area contributed by atoms with Crippen molar-refractivity contribution in [2.75, 3.05) is 31.1 Å². The predicted molar refractivity (Wildman–Crippen MR) is 162 cm³/mol. The first-order chi connectivity index (χ1) is 21.3. The first kappa shape index (κ1) is 28.9. The number of anilines is 1. The fourth-order valence-electron chi connectivity index (χ4n) is 7.14. The lowest BCUT2D eigenvalue weighted by Crippen LogP contribution is -2.78. The number of carbonyl (C=O) groups is 3. The fraction of sp³-hybridized carbons (Fsp3) is 0.433. The first-order valence-corrected chi connectivity index (χ1v) is 14.8. The van der Waals surface area contributed by atoms with Crippen molar-refractivity contribution in [1.29, 1.82) is 0 Å².